The minimum Gasteiger partial charge on any atom is -0.480 e. The molecule has 0 aliphatic rings. The van der Waals surface area contributed by atoms with Gasteiger partial charge in [-0.15, -0.1) is 0 Å². The van der Waals surface area contributed by atoms with Crippen LogP contribution in [0.25, 0.3) is 0 Å². The highest BCUT2D eigenvalue weighted by Crippen LogP contribution is 2.66. The molecular weight excluding hydrogens is 591 g/mol. The van der Waals surface area contributed by atoms with Gasteiger partial charge >= 0.3 is 59.6 Å². The highest BCUT2D eigenvalue weighted by atomic mass is 19.4. The molecule has 0 aliphatic carbocycles. The van der Waals surface area contributed by atoms with E-state index in [1.165, 1.54) is 6.92 Å². The fraction of sp³-hybridized carbons (Fsp3) is 0.882. The number of hydrogen-bond acceptors (Lipinski definition) is 2. The van der Waals surface area contributed by atoms with Crippen LogP contribution in [0, 0.1) is 5.41 Å². The molecular formula is C17H15F17O4. The second-order valence-corrected chi connectivity index (χ2v) is 7.84. The standard InChI is InChI=1S/C17H15F17O4/c1-2-3-4-5-6-9(7(35)36,8(37)38)10(18,19)11(20,21)12(22,23)13(24,25)14(26,27)15(28,29)16(30,31)17(32,33)34/h2-6H2,1H3,(H,35,36)(H,37,38). The zero-order valence-corrected chi connectivity index (χ0v) is 18.2. The van der Waals surface area contributed by atoms with E-state index in [0.717, 1.165) is 0 Å². The third-order valence-electron chi connectivity index (χ3n) is 5.39. The summed E-state index contributed by atoms with van der Waals surface area (Å²) in [5.41, 5.74) is -5.54. The first kappa shape index (κ1) is 35.8. The third kappa shape index (κ3) is 4.60. The molecule has 0 amide bonds. The third-order valence-corrected chi connectivity index (χ3v) is 5.39. The summed E-state index contributed by atoms with van der Waals surface area (Å²) in [6.07, 6.45) is -11.7. The van der Waals surface area contributed by atoms with Gasteiger partial charge in [0.2, 0.25) is 5.41 Å². The number of rotatable bonds is 14. The van der Waals surface area contributed by atoms with Crippen molar-refractivity contribution in [1.82, 2.24) is 0 Å². The van der Waals surface area contributed by atoms with Crippen LogP contribution in [0.5, 0.6) is 0 Å². The molecule has 4 nitrogen and oxygen atoms in total. The average molecular weight is 606 g/mol. The molecule has 0 unspecified atom stereocenters. The highest BCUT2D eigenvalue weighted by molar-refractivity contribution is 5.99. The molecule has 21 heteroatoms. The largest absolute Gasteiger partial charge is 0.480 e. The number of unbranched alkanes of at least 4 members (excludes halogenated alkanes) is 3. The predicted octanol–water partition coefficient (Wildman–Crippen LogP) is 7.12. The summed E-state index contributed by atoms with van der Waals surface area (Å²) >= 11 is 0. The average Bonchev–Trinajstić information content (AvgIpc) is 2.71. The van der Waals surface area contributed by atoms with Gasteiger partial charge in [0.1, 0.15) is 0 Å². The number of carboxylic acid groups (broad SMARTS) is 2. The Morgan fingerprint density at radius 3 is 1.03 bits per heavy atom. The molecule has 0 atom stereocenters. The number of aliphatic carboxylic acids is 2. The van der Waals surface area contributed by atoms with Crippen LogP contribution < -0.4 is 0 Å². The van der Waals surface area contributed by atoms with Crippen LogP contribution in [0.15, 0.2) is 0 Å². The Labute approximate surface area is 199 Å². The Hall–Kier alpha value is -2.25. The van der Waals surface area contributed by atoms with Gasteiger partial charge in [0.25, 0.3) is 0 Å². The molecule has 0 aliphatic heterocycles. The molecule has 0 aromatic rings. The van der Waals surface area contributed by atoms with Gasteiger partial charge in [-0.3, -0.25) is 9.59 Å². The quantitative estimate of drug-likeness (QED) is 0.126. The lowest BCUT2D eigenvalue weighted by atomic mass is 9.71. The first-order chi connectivity index (χ1) is 16.4. The van der Waals surface area contributed by atoms with Crippen molar-refractivity contribution >= 4 is 11.9 Å². The second kappa shape index (κ2) is 10.1. The van der Waals surface area contributed by atoms with E-state index in [2.05, 4.69) is 0 Å². The van der Waals surface area contributed by atoms with Gasteiger partial charge in [0.15, 0.2) is 0 Å². The van der Waals surface area contributed by atoms with Crippen LogP contribution in [-0.2, 0) is 9.59 Å². The van der Waals surface area contributed by atoms with Crippen molar-refractivity contribution in [3.8, 4) is 0 Å². The summed E-state index contributed by atoms with van der Waals surface area (Å²) in [5, 5.41) is 17.8. The Morgan fingerprint density at radius 2 is 0.763 bits per heavy atom. The predicted molar refractivity (Wildman–Crippen MR) is 87.1 cm³/mol. The maximum absolute atomic E-state index is 14.6. The van der Waals surface area contributed by atoms with Crippen molar-refractivity contribution in [2.24, 2.45) is 5.41 Å². The van der Waals surface area contributed by atoms with Crippen molar-refractivity contribution < 1.29 is 94.4 Å². The van der Waals surface area contributed by atoms with Gasteiger partial charge in [-0.2, -0.15) is 74.6 Å². The van der Waals surface area contributed by atoms with Gasteiger partial charge in [-0.1, -0.05) is 32.6 Å². The molecule has 0 spiro atoms. The minimum absolute atomic E-state index is 0.0692. The molecule has 0 saturated carbocycles. The molecule has 0 aromatic heterocycles. The maximum atomic E-state index is 14.6. The van der Waals surface area contributed by atoms with E-state index < -0.39 is 84.3 Å². The highest BCUT2D eigenvalue weighted by Gasteiger charge is 2.97. The minimum atomic E-state index is -8.93. The fourth-order valence-electron chi connectivity index (χ4n) is 2.98. The SMILES string of the molecule is CCCCCCC(C(=O)O)(C(=O)O)C(F)(F)C(F)(F)C(F)(F)C(F)(F)C(F)(F)C(F)(F)C(F)(F)C(F)(F)F. The van der Waals surface area contributed by atoms with E-state index in [1.54, 1.807) is 0 Å². The first-order valence-electron chi connectivity index (χ1n) is 9.63. The molecule has 0 aromatic carbocycles. The lowest BCUT2D eigenvalue weighted by Gasteiger charge is -2.45. The van der Waals surface area contributed by atoms with Crippen molar-refractivity contribution in [2.45, 2.75) is 86.7 Å². The lowest BCUT2D eigenvalue weighted by Crippen LogP contribution is -2.76. The molecule has 0 saturated heterocycles. The normalized spacial score (nSPS) is 15.5. The summed E-state index contributed by atoms with van der Waals surface area (Å²) in [5.74, 6) is -67.0. The number of hydrogen-bond donors (Lipinski definition) is 2. The van der Waals surface area contributed by atoms with Gasteiger partial charge < -0.3 is 10.2 Å². The molecule has 226 valence electrons. The smallest absolute Gasteiger partial charge is 0.460 e. The van der Waals surface area contributed by atoms with E-state index in [4.69, 9.17) is 10.2 Å². The molecule has 2 N–H and O–H groups in total. The van der Waals surface area contributed by atoms with Crippen LogP contribution in [-0.4, -0.2) is 69.8 Å². The molecule has 0 heterocycles. The molecule has 0 radical (unpaired) electrons. The summed E-state index contributed by atoms with van der Waals surface area (Å²) in [4.78, 5) is 22.6. The zero-order chi connectivity index (χ0) is 31.2. The number of halogens is 17. The van der Waals surface area contributed by atoms with Crippen LogP contribution in [0.1, 0.15) is 39.0 Å². The Kier molecular flexibility index (Phi) is 9.46. The van der Waals surface area contributed by atoms with Gasteiger partial charge in [-0.05, 0) is 6.42 Å². The van der Waals surface area contributed by atoms with Crippen molar-refractivity contribution in [3.63, 3.8) is 0 Å². The Bertz CT molecular complexity index is 864. The summed E-state index contributed by atoms with van der Waals surface area (Å²) in [6.45, 7) is 1.39. The van der Waals surface area contributed by atoms with Crippen LogP contribution in [0.4, 0.5) is 74.6 Å². The number of carboxylic acids is 2. The molecule has 0 fully saturated rings. The van der Waals surface area contributed by atoms with Gasteiger partial charge in [0.05, 0.1) is 0 Å². The molecule has 38 heavy (non-hydrogen) atoms. The van der Waals surface area contributed by atoms with E-state index in [0.29, 0.717) is 0 Å². The topological polar surface area (TPSA) is 74.6 Å². The monoisotopic (exact) mass is 606 g/mol. The van der Waals surface area contributed by atoms with E-state index >= 15 is 0 Å². The zero-order valence-electron chi connectivity index (χ0n) is 18.2. The van der Waals surface area contributed by atoms with Gasteiger partial charge in [-0.25, -0.2) is 0 Å². The van der Waals surface area contributed by atoms with Crippen molar-refractivity contribution in [1.29, 1.82) is 0 Å². The Morgan fingerprint density at radius 1 is 0.474 bits per heavy atom. The van der Waals surface area contributed by atoms with Crippen LogP contribution in [0.2, 0.25) is 0 Å². The Balaban J connectivity index is 7.21. The summed E-state index contributed by atoms with van der Waals surface area (Å²) in [6, 6.07) is 0. The fourth-order valence-corrected chi connectivity index (χ4v) is 2.98. The number of carbonyl (C=O) groups is 2. The number of alkyl halides is 17. The van der Waals surface area contributed by atoms with Crippen LogP contribution in [0.3, 0.4) is 0 Å². The molecule has 0 bridgehead atoms. The van der Waals surface area contributed by atoms with E-state index in [9.17, 15) is 84.2 Å². The first-order valence-corrected chi connectivity index (χ1v) is 9.63. The van der Waals surface area contributed by atoms with Crippen molar-refractivity contribution in [3.05, 3.63) is 0 Å². The van der Waals surface area contributed by atoms with Crippen molar-refractivity contribution in [2.75, 3.05) is 0 Å². The van der Waals surface area contributed by atoms with E-state index in [1.807, 2.05) is 0 Å². The molecule has 0 rings (SSSR count). The summed E-state index contributed by atoms with van der Waals surface area (Å²) in [7, 11) is 0. The van der Waals surface area contributed by atoms with E-state index in [-0.39, 0.29) is 12.8 Å². The van der Waals surface area contributed by atoms with Crippen LogP contribution >= 0.6 is 0 Å². The maximum Gasteiger partial charge on any atom is 0.460 e. The summed E-state index contributed by atoms with van der Waals surface area (Å²) < 4.78 is 229. The van der Waals surface area contributed by atoms with Gasteiger partial charge in [0, 0.05) is 0 Å². The lowest BCUT2D eigenvalue weighted by molar-refractivity contribution is -0.464. The second-order valence-electron chi connectivity index (χ2n) is 7.84.